The van der Waals surface area contributed by atoms with Crippen LogP contribution in [0.25, 0.3) is 10.8 Å². The average molecular weight is 434 g/mol. The van der Waals surface area contributed by atoms with Crippen molar-refractivity contribution in [2.24, 2.45) is 5.10 Å². The van der Waals surface area contributed by atoms with Crippen LogP contribution in [-0.4, -0.2) is 39.5 Å². The van der Waals surface area contributed by atoms with Crippen LogP contribution < -0.4 is 30.5 Å². The molecule has 0 saturated carbocycles. The maximum Gasteiger partial charge on any atom is 0.258 e. The maximum atomic E-state index is 12.7. The summed E-state index contributed by atoms with van der Waals surface area (Å²) in [6, 6.07) is 17.0. The summed E-state index contributed by atoms with van der Waals surface area (Å²) in [4.78, 5) is 12.7. The molecule has 4 rings (SSSR count). The Kier molecular flexibility index (Phi) is 6.53. The molecule has 166 valence electrons. The Morgan fingerprint density at radius 3 is 2.50 bits per heavy atom. The lowest BCUT2D eigenvalue weighted by Gasteiger charge is -2.17. The van der Waals surface area contributed by atoms with Crippen molar-refractivity contribution in [1.29, 1.82) is 0 Å². The van der Waals surface area contributed by atoms with E-state index in [4.69, 9.17) is 14.2 Å². The third-order valence-corrected chi connectivity index (χ3v) is 5.51. The molecule has 1 amide bonds. The van der Waals surface area contributed by atoms with Crippen LogP contribution in [0.4, 0.5) is 0 Å². The highest BCUT2D eigenvalue weighted by molar-refractivity contribution is 5.89. The third-order valence-electron chi connectivity index (χ3n) is 5.51. The smallest absolute Gasteiger partial charge is 0.258 e. The fourth-order valence-electron chi connectivity index (χ4n) is 3.91. The van der Waals surface area contributed by atoms with Crippen molar-refractivity contribution in [2.75, 3.05) is 21.3 Å². The van der Waals surface area contributed by atoms with E-state index in [0.29, 0.717) is 17.9 Å². The minimum absolute atomic E-state index is 0.0818. The number of ether oxygens (including phenoxy) is 3. The van der Waals surface area contributed by atoms with Gasteiger partial charge in [0.25, 0.3) is 5.91 Å². The van der Waals surface area contributed by atoms with E-state index in [1.165, 1.54) is 0 Å². The SMILES string of the molecule is COc1ccc(/C=N/NC(=O)C2CC(c3c(OC)ccc4ccccc34)NN2)cc1OC. The van der Waals surface area contributed by atoms with Gasteiger partial charge in [-0.05, 0) is 47.0 Å². The highest BCUT2D eigenvalue weighted by atomic mass is 16.5. The van der Waals surface area contributed by atoms with E-state index in [1.807, 2.05) is 30.3 Å². The van der Waals surface area contributed by atoms with Gasteiger partial charge in [0.1, 0.15) is 11.8 Å². The first kappa shape index (κ1) is 21.6. The predicted molar refractivity (Wildman–Crippen MR) is 123 cm³/mol. The van der Waals surface area contributed by atoms with Crippen molar-refractivity contribution in [3.05, 3.63) is 65.7 Å². The van der Waals surface area contributed by atoms with Gasteiger partial charge in [0, 0.05) is 5.56 Å². The maximum absolute atomic E-state index is 12.7. The van der Waals surface area contributed by atoms with Crippen molar-refractivity contribution < 1.29 is 19.0 Å². The van der Waals surface area contributed by atoms with Gasteiger partial charge in [-0.3, -0.25) is 4.79 Å². The average Bonchev–Trinajstić information content (AvgIpc) is 3.33. The van der Waals surface area contributed by atoms with Crippen LogP contribution in [0.3, 0.4) is 0 Å². The molecule has 2 atom stereocenters. The van der Waals surface area contributed by atoms with Gasteiger partial charge < -0.3 is 14.2 Å². The first-order valence-corrected chi connectivity index (χ1v) is 10.3. The molecule has 3 N–H and O–H groups in total. The predicted octanol–water partition coefficient (Wildman–Crippen LogP) is 2.92. The van der Waals surface area contributed by atoms with Crippen LogP contribution in [0.15, 0.2) is 59.7 Å². The zero-order valence-corrected chi connectivity index (χ0v) is 18.2. The van der Waals surface area contributed by atoms with Gasteiger partial charge in [0.05, 0.1) is 33.6 Å². The molecule has 1 fully saturated rings. The molecule has 1 aliphatic heterocycles. The molecule has 1 aliphatic rings. The van der Waals surface area contributed by atoms with Crippen molar-refractivity contribution in [3.8, 4) is 17.2 Å². The standard InChI is InChI=1S/C24H26N4O4/c1-30-20-10-8-15(12-22(20)32-3)14-25-28-24(29)19-13-18(26-27-19)23-17-7-5-4-6-16(17)9-11-21(23)31-2/h4-12,14,18-19,26-27H,13H2,1-3H3,(H,28,29)/b25-14+. The van der Waals surface area contributed by atoms with Gasteiger partial charge in [-0.2, -0.15) is 5.10 Å². The summed E-state index contributed by atoms with van der Waals surface area (Å²) >= 11 is 0. The van der Waals surface area contributed by atoms with E-state index in [-0.39, 0.29) is 11.9 Å². The molecule has 0 aromatic heterocycles. The molecule has 1 heterocycles. The van der Waals surface area contributed by atoms with Gasteiger partial charge in [0.15, 0.2) is 11.5 Å². The number of methoxy groups -OCH3 is 3. The van der Waals surface area contributed by atoms with Crippen LogP contribution in [0.5, 0.6) is 17.2 Å². The summed E-state index contributed by atoms with van der Waals surface area (Å²) in [5.41, 5.74) is 10.7. The lowest BCUT2D eigenvalue weighted by atomic mass is 9.95. The molecule has 3 aromatic rings. The number of hydrogen-bond donors (Lipinski definition) is 3. The molecule has 1 saturated heterocycles. The molecular weight excluding hydrogens is 408 g/mol. The number of hydrazone groups is 1. The Labute approximate surface area is 186 Å². The number of benzene rings is 3. The van der Waals surface area contributed by atoms with Crippen molar-refractivity contribution in [3.63, 3.8) is 0 Å². The van der Waals surface area contributed by atoms with Crippen LogP contribution in [0.2, 0.25) is 0 Å². The second-order valence-corrected chi connectivity index (χ2v) is 7.38. The first-order chi connectivity index (χ1) is 15.6. The van der Waals surface area contributed by atoms with E-state index in [9.17, 15) is 4.79 Å². The van der Waals surface area contributed by atoms with Gasteiger partial charge >= 0.3 is 0 Å². The van der Waals surface area contributed by atoms with E-state index in [2.05, 4.69) is 33.5 Å². The number of nitrogens with zero attached hydrogens (tertiary/aromatic N) is 1. The molecule has 8 heteroatoms. The Bertz CT molecular complexity index is 1150. The van der Waals surface area contributed by atoms with Crippen molar-refractivity contribution in [1.82, 2.24) is 16.3 Å². The fraction of sp³-hybridized carbons (Fsp3) is 0.250. The van der Waals surface area contributed by atoms with Crippen LogP contribution in [-0.2, 0) is 4.79 Å². The number of rotatable bonds is 7. The number of hydrazine groups is 1. The van der Waals surface area contributed by atoms with Crippen molar-refractivity contribution in [2.45, 2.75) is 18.5 Å². The van der Waals surface area contributed by atoms with E-state index in [0.717, 1.165) is 27.6 Å². The molecule has 8 nitrogen and oxygen atoms in total. The molecule has 3 aromatic carbocycles. The van der Waals surface area contributed by atoms with Gasteiger partial charge in [0.2, 0.25) is 0 Å². The number of carbonyl (C=O) groups excluding carboxylic acids is 1. The van der Waals surface area contributed by atoms with Gasteiger partial charge in [-0.1, -0.05) is 30.3 Å². The molecular formula is C24H26N4O4. The molecule has 0 bridgehead atoms. The van der Waals surface area contributed by atoms with E-state index >= 15 is 0 Å². The molecule has 2 unspecified atom stereocenters. The minimum Gasteiger partial charge on any atom is -0.496 e. The Morgan fingerprint density at radius 2 is 1.72 bits per heavy atom. The number of hydrogen-bond acceptors (Lipinski definition) is 7. The molecule has 0 radical (unpaired) electrons. The summed E-state index contributed by atoms with van der Waals surface area (Å²) < 4.78 is 16.1. The Balaban J connectivity index is 1.44. The van der Waals surface area contributed by atoms with E-state index in [1.54, 1.807) is 39.7 Å². The molecule has 32 heavy (non-hydrogen) atoms. The monoisotopic (exact) mass is 434 g/mol. The summed E-state index contributed by atoms with van der Waals surface area (Å²) in [6.45, 7) is 0. The Hall–Kier alpha value is -3.62. The number of fused-ring (bicyclic) bond motifs is 1. The van der Waals surface area contributed by atoms with Gasteiger partial charge in [-0.15, -0.1) is 0 Å². The summed E-state index contributed by atoms with van der Waals surface area (Å²) in [5.74, 6) is 1.78. The van der Waals surface area contributed by atoms with Crippen molar-refractivity contribution >= 4 is 22.9 Å². The van der Waals surface area contributed by atoms with Crippen LogP contribution in [0, 0.1) is 0 Å². The second-order valence-electron chi connectivity index (χ2n) is 7.38. The largest absolute Gasteiger partial charge is 0.496 e. The van der Waals surface area contributed by atoms with E-state index < -0.39 is 6.04 Å². The van der Waals surface area contributed by atoms with Crippen LogP contribution in [0.1, 0.15) is 23.6 Å². The number of amides is 1. The molecule has 0 aliphatic carbocycles. The lowest BCUT2D eigenvalue weighted by Crippen LogP contribution is -2.41. The zero-order valence-electron chi connectivity index (χ0n) is 18.2. The summed E-state index contributed by atoms with van der Waals surface area (Å²) in [7, 11) is 4.80. The first-order valence-electron chi connectivity index (χ1n) is 10.3. The fourth-order valence-corrected chi connectivity index (χ4v) is 3.91. The zero-order chi connectivity index (χ0) is 22.5. The highest BCUT2D eigenvalue weighted by Gasteiger charge is 2.32. The summed E-state index contributed by atoms with van der Waals surface area (Å²) in [5, 5.41) is 6.30. The quantitative estimate of drug-likeness (QED) is 0.391. The second kappa shape index (κ2) is 9.67. The minimum atomic E-state index is -0.439. The van der Waals surface area contributed by atoms with Gasteiger partial charge in [-0.25, -0.2) is 16.3 Å². The third kappa shape index (κ3) is 4.37. The number of carbonyl (C=O) groups is 1. The lowest BCUT2D eigenvalue weighted by molar-refractivity contribution is -0.122. The summed E-state index contributed by atoms with van der Waals surface area (Å²) in [6.07, 6.45) is 2.12. The Morgan fingerprint density at radius 1 is 0.969 bits per heavy atom. The highest BCUT2D eigenvalue weighted by Crippen LogP contribution is 2.36. The van der Waals surface area contributed by atoms with Crippen LogP contribution >= 0.6 is 0 Å². The molecule has 0 spiro atoms. The normalized spacial score (nSPS) is 18.1. The topological polar surface area (TPSA) is 93.2 Å². The number of nitrogens with one attached hydrogen (secondary N) is 3.